The second kappa shape index (κ2) is 25.9. The Morgan fingerprint density at radius 2 is 1.32 bits per heavy atom. The van der Waals surface area contributed by atoms with Crippen molar-refractivity contribution in [3.63, 3.8) is 0 Å². The zero-order valence-electron chi connectivity index (χ0n) is 45.0. The first-order chi connectivity index (χ1) is 35.0. The number of amides is 7. The van der Waals surface area contributed by atoms with Gasteiger partial charge >= 0.3 is 5.69 Å². The summed E-state index contributed by atoms with van der Waals surface area (Å²) in [6.45, 7) is 18.6. The number of phenols is 1. The van der Waals surface area contributed by atoms with Gasteiger partial charge in [-0.1, -0.05) is 70.2 Å². The zero-order valence-corrected chi connectivity index (χ0v) is 45.0. The number of nitrogens with one attached hydrogen (secondary N) is 5. The highest BCUT2D eigenvalue weighted by atomic mass is 16.6. The van der Waals surface area contributed by atoms with E-state index in [0.717, 1.165) is 27.9 Å². The second-order valence-corrected chi connectivity index (χ2v) is 21.2. The highest BCUT2D eigenvalue weighted by Crippen LogP contribution is 2.31. The van der Waals surface area contributed by atoms with Gasteiger partial charge in [0.15, 0.2) is 5.75 Å². The first kappa shape index (κ1) is 60.4. The number of hydrogen-bond donors (Lipinski definition) is 8. The molecule has 21 heteroatoms. The SMILES string of the molecule is C=CC(C)(C)n1cc(C[C@@H]2NC(=O)[C@H](C/C=C/C)NC(=O)[C@H](CC(C)C)NC(=O)[C@H](C[C@@](C)(O)CO)N(C)C(=O)[C@H](C)NC(=O)[C@H](Cc3ccc(O)c([N+](=O)[O-])c3)NC(=O)[C@H](CC(C)C)N(C)C2=O)c2ccccc21. The molecule has 4 rings (SSSR count). The predicted molar refractivity (Wildman–Crippen MR) is 283 cm³/mol. The van der Waals surface area contributed by atoms with Crippen molar-refractivity contribution in [1.82, 2.24) is 41.0 Å². The van der Waals surface area contributed by atoms with E-state index in [1.807, 2.05) is 62.7 Å². The molecule has 0 unspecified atom stereocenters. The number of likely N-dealkylation sites (N-methyl/N-ethyl adjacent to an activating group) is 2. The number of fused-ring (bicyclic) bond motifs is 1. The van der Waals surface area contributed by atoms with Crippen LogP contribution >= 0.6 is 0 Å². The molecule has 75 heavy (non-hydrogen) atoms. The summed E-state index contributed by atoms with van der Waals surface area (Å²) in [5, 5.41) is 57.7. The Morgan fingerprint density at radius 3 is 1.92 bits per heavy atom. The molecular formula is C54H77N9O12. The number of nitrogens with zero attached hydrogens (tertiary/aromatic N) is 4. The lowest BCUT2D eigenvalue weighted by Crippen LogP contribution is -2.60. The molecule has 0 spiro atoms. The number of aliphatic hydroxyl groups is 2. The Balaban J connectivity index is 1.99. The number of carbonyl (C=O) groups is 7. The van der Waals surface area contributed by atoms with Crippen molar-refractivity contribution in [1.29, 1.82) is 0 Å². The summed E-state index contributed by atoms with van der Waals surface area (Å²) in [6, 6.07) is 0.986. The molecule has 0 saturated carbocycles. The van der Waals surface area contributed by atoms with E-state index in [9.17, 15) is 54.2 Å². The third kappa shape index (κ3) is 15.7. The summed E-state index contributed by atoms with van der Waals surface area (Å²) in [5.74, 6) is -6.94. The van der Waals surface area contributed by atoms with Crippen molar-refractivity contribution in [3.05, 3.63) is 94.7 Å². The molecule has 3 aromatic rings. The molecule has 2 aromatic carbocycles. The van der Waals surface area contributed by atoms with Gasteiger partial charge in [-0.15, -0.1) is 6.58 Å². The zero-order chi connectivity index (χ0) is 56.3. The van der Waals surface area contributed by atoms with Crippen molar-refractivity contribution >= 4 is 57.9 Å². The van der Waals surface area contributed by atoms with Gasteiger partial charge in [-0.25, -0.2) is 0 Å². The van der Waals surface area contributed by atoms with Gasteiger partial charge < -0.3 is 56.3 Å². The number of para-hydroxylation sites is 1. The lowest BCUT2D eigenvalue weighted by atomic mass is 9.95. The van der Waals surface area contributed by atoms with Crippen LogP contribution in [-0.2, 0) is 51.9 Å². The minimum atomic E-state index is -1.94. The lowest BCUT2D eigenvalue weighted by molar-refractivity contribution is -0.385. The smallest absolute Gasteiger partial charge is 0.310 e. The Bertz CT molecular complexity index is 2620. The number of nitro benzene ring substituents is 1. The van der Waals surface area contributed by atoms with Crippen molar-refractivity contribution in [2.45, 2.75) is 154 Å². The van der Waals surface area contributed by atoms with Crippen LogP contribution in [-0.4, -0.2) is 145 Å². The largest absolute Gasteiger partial charge is 0.502 e. The average molecular weight is 1040 g/mol. The van der Waals surface area contributed by atoms with E-state index < -0.39 is 131 Å². The van der Waals surface area contributed by atoms with E-state index in [1.165, 1.54) is 38.9 Å². The number of aliphatic hydroxyl groups excluding tert-OH is 1. The highest BCUT2D eigenvalue weighted by Gasteiger charge is 2.41. The molecule has 1 fully saturated rings. The van der Waals surface area contributed by atoms with Crippen LogP contribution in [0.1, 0.15) is 99.1 Å². The first-order valence-electron chi connectivity index (χ1n) is 25.2. The number of aromatic nitrogens is 1. The third-order valence-electron chi connectivity index (χ3n) is 13.5. The minimum absolute atomic E-state index is 0.0392. The Hall–Kier alpha value is -7.13. The summed E-state index contributed by atoms with van der Waals surface area (Å²) >= 11 is 0. The molecule has 1 aliphatic heterocycles. The van der Waals surface area contributed by atoms with E-state index in [1.54, 1.807) is 39.0 Å². The Morgan fingerprint density at radius 1 is 0.760 bits per heavy atom. The van der Waals surface area contributed by atoms with Crippen molar-refractivity contribution in [2.75, 3.05) is 20.7 Å². The molecule has 1 aliphatic rings. The molecule has 7 amide bonds. The molecule has 0 aliphatic carbocycles. The molecule has 410 valence electrons. The van der Waals surface area contributed by atoms with E-state index in [4.69, 9.17) is 0 Å². The number of nitro groups is 1. The number of carbonyl (C=O) groups excluding carboxylic acids is 7. The standard InChI is InChI=1S/C54H77N9O12/c1-13-15-19-37-46(66)59-40(27-35-29-62(53(8,9)14-2)41-20-17-16-18-36(35)41)52(72)60(11)43(24-32(5)6)49(69)58-39(25-34-21-22-45(65)42(26-34)63(74)75)47(67)55-33(7)51(71)61(12)44(28-54(10,73)30-64)50(70)57-38(23-31(3)4)48(68)56-37/h13-18,20-22,26,29,31-33,37-40,43-44,64-65,73H,2,19,23-25,27-28,30H2,1,3-12H3,(H,55,67)(H,56,68)(H,57,70)(H,58,69)(H,59,66)/b15-13+/t33-,37-,38-,39-,40-,43-,44-,54+/m0/s1. The van der Waals surface area contributed by atoms with Crippen LogP contribution in [0.15, 0.2) is 73.5 Å². The van der Waals surface area contributed by atoms with Crippen LogP contribution in [0.3, 0.4) is 0 Å². The van der Waals surface area contributed by atoms with Gasteiger partial charge in [-0.05, 0) is 89.0 Å². The van der Waals surface area contributed by atoms with E-state index >= 15 is 4.79 Å². The van der Waals surface area contributed by atoms with E-state index in [2.05, 4.69) is 33.2 Å². The quantitative estimate of drug-likeness (QED) is 0.0583. The number of benzene rings is 2. The van der Waals surface area contributed by atoms with Crippen LogP contribution in [0.25, 0.3) is 10.9 Å². The van der Waals surface area contributed by atoms with Gasteiger partial charge in [-0.3, -0.25) is 43.7 Å². The van der Waals surface area contributed by atoms with Crippen LogP contribution in [0.2, 0.25) is 0 Å². The second-order valence-electron chi connectivity index (χ2n) is 21.2. The maximum absolute atomic E-state index is 15.3. The number of phenolic OH excluding ortho intramolecular Hbond substituents is 1. The van der Waals surface area contributed by atoms with Crippen molar-refractivity contribution in [3.8, 4) is 5.75 Å². The minimum Gasteiger partial charge on any atom is -0.502 e. The number of aromatic hydroxyl groups is 1. The molecule has 8 N–H and O–H groups in total. The lowest BCUT2D eigenvalue weighted by Gasteiger charge is -2.35. The molecule has 0 radical (unpaired) electrons. The first-order valence-corrected chi connectivity index (χ1v) is 25.2. The molecular weight excluding hydrogens is 967 g/mol. The van der Waals surface area contributed by atoms with Crippen molar-refractivity contribution < 1.29 is 53.8 Å². The predicted octanol–water partition coefficient (Wildman–Crippen LogP) is 3.26. The summed E-state index contributed by atoms with van der Waals surface area (Å²) in [7, 11) is 2.63. The van der Waals surface area contributed by atoms with Gasteiger partial charge in [-0.2, -0.15) is 0 Å². The highest BCUT2D eigenvalue weighted by molar-refractivity contribution is 5.99. The summed E-state index contributed by atoms with van der Waals surface area (Å²) in [4.78, 5) is 116. The van der Waals surface area contributed by atoms with Crippen LogP contribution in [0.5, 0.6) is 5.75 Å². The maximum Gasteiger partial charge on any atom is 0.310 e. The fraction of sp³-hybridized carbons (Fsp3) is 0.537. The van der Waals surface area contributed by atoms with Gasteiger partial charge in [0.2, 0.25) is 41.4 Å². The van der Waals surface area contributed by atoms with Crippen LogP contribution in [0.4, 0.5) is 5.69 Å². The third-order valence-corrected chi connectivity index (χ3v) is 13.5. The summed E-state index contributed by atoms with van der Waals surface area (Å²) in [6.07, 6.45) is 5.94. The molecule has 0 bridgehead atoms. The monoisotopic (exact) mass is 1040 g/mol. The molecule has 2 heterocycles. The van der Waals surface area contributed by atoms with Gasteiger partial charge in [0.1, 0.15) is 42.3 Å². The van der Waals surface area contributed by atoms with Gasteiger partial charge in [0, 0.05) is 56.5 Å². The average Bonchev–Trinajstić information content (AvgIpc) is 3.73. The Labute approximate surface area is 438 Å². The number of hydrogen-bond acceptors (Lipinski definition) is 12. The number of rotatable bonds is 16. The molecule has 21 nitrogen and oxygen atoms in total. The summed E-state index contributed by atoms with van der Waals surface area (Å²) < 4.78 is 2.00. The fourth-order valence-electron chi connectivity index (χ4n) is 8.99. The number of allylic oxidation sites excluding steroid dienone is 2. The van der Waals surface area contributed by atoms with Crippen LogP contribution in [0, 0.1) is 22.0 Å². The topological polar surface area (TPSA) is 295 Å². The molecule has 8 atom stereocenters. The maximum atomic E-state index is 15.3. The van der Waals surface area contributed by atoms with E-state index in [-0.39, 0.29) is 43.1 Å². The van der Waals surface area contributed by atoms with E-state index in [0.29, 0.717) is 5.56 Å². The molecule has 1 saturated heterocycles. The fourth-order valence-corrected chi connectivity index (χ4v) is 8.99. The molecule has 1 aromatic heterocycles. The van der Waals surface area contributed by atoms with Crippen LogP contribution < -0.4 is 26.6 Å². The Kier molecular flexibility index (Phi) is 20.9. The van der Waals surface area contributed by atoms with Gasteiger partial charge in [0.25, 0.3) is 0 Å². The van der Waals surface area contributed by atoms with Crippen molar-refractivity contribution in [2.24, 2.45) is 11.8 Å². The normalized spacial score (nSPS) is 23.3. The summed E-state index contributed by atoms with van der Waals surface area (Å²) in [5.41, 5.74) is -1.63. The van der Waals surface area contributed by atoms with Gasteiger partial charge in [0.05, 0.1) is 22.7 Å².